The van der Waals surface area contributed by atoms with E-state index < -0.39 is 5.97 Å². The van der Waals surface area contributed by atoms with Crippen LogP contribution in [-0.4, -0.2) is 30.8 Å². The van der Waals surface area contributed by atoms with E-state index in [0.29, 0.717) is 22.5 Å². The van der Waals surface area contributed by atoms with Crippen LogP contribution in [0.2, 0.25) is 0 Å². The van der Waals surface area contributed by atoms with Crippen molar-refractivity contribution in [1.82, 2.24) is 24.8 Å². The van der Waals surface area contributed by atoms with Crippen molar-refractivity contribution in [3.8, 4) is 0 Å². The molecule has 0 radical (unpaired) electrons. The highest BCUT2D eigenvalue weighted by Crippen LogP contribution is 2.27. The molecule has 8 heteroatoms. The highest BCUT2D eigenvalue weighted by Gasteiger charge is 2.15. The molecule has 104 valence electrons. The minimum absolute atomic E-state index is 0.107. The van der Waals surface area contributed by atoms with Gasteiger partial charge in [0.05, 0.1) is 5.52 Å². The summed E-state index contributed by atoms with van der Waals surface area (Å²) in [7, 11) is 0. The standard InChI is InChI=1S/C13H9N5O3/c19-9(20)5-6-18-8-4-2-1-3-7(8)10-13(18)15-12-11(14-10)16-21-17-12/h1-4H,5-6H2,(H,19,20)/p-1. The molecule has 0 saturated carbocycles. The summed E-state index contributed by atoms with van der Waals surface area (Å²) in [5, 5.41) is 19.0. The number of aliphatic carboxylic acids is 1. The average Bonchev–Trinajstić information content (AvgIpc) is 3.05. The minimum atomic E-state index is -1.11. The molecular weight excluding hydrogens is 274 g/mol. The van der Waals surface area contributed by atoms with Gasteiger partial charge >= 0.3 is 0 Å². The fourth-order valence-electron chi connectivity index (χ4n) is 2.45. The second-order valence-corrected chi connectivity index (χ2v) is 4.60. The lowest BCUT2D eigenvalue weighted by Crippen LogP contribution is -2.23. The number of aromatic nitrogens is 5. The van der Waals surface area contributed by atoms with E-state index in [0.717, 1.165) is 10.9 Å². The van der Waals surface area contributed by atoms with E-state index >= 15 is 0 Å². The van der Waals surface area contributed by atoms with Crippen LogP contribution in [0.25, 0.3) is 33.4 Å². The van der Waals surface area contributed by atoms with Crippen molar-refractivity contribution in [1.29, 1.82) is 0 Å². The maximum Gasteiger partial charge on any atom is 0.245 e. The number of aryl methyl sites for hydroxylation is 1. The largest absolute Gasteiger partial charge is 0.550 e. The third kappa shape index (κ3) is 1.72. The molecule has 0 saturated heterocycles. The van der Waals surface area contributed by atoms with Crippen LogP contribution in [0.5, 0.6) is 0 Å². The van der Waals surface area contributed by atoms with Gasteiger partial charge in [-0.15, -0.1) is 0 Å². The minimum Gasteiger partial charge on any atom is -0.550 e. The summed E-state index contributed by atoms with van der Waals surface area (Å²) in [5.41, 5.74) is 2.68. The third-order valence-corrected chi connectivity index (χ3v) is 3.34. The summed E-state index contributed by atoms with van der Waals surface area (Å²) in [4.78, 5) is 19.5. The van der Waals surface area contributed by atoms with Crippen LogP contribution in [0.3, 0.4) is 0 Å². The van der Waals surface area contributed by atoms with Gasteiger partial charge in [0.1, 0.15) is 5.52 Å². The lowest BCUT2D eigenvalue weighted by Gasteiger charge is -2.06. The van der Waals surface area contributed by atoms with E-state index in [4.69, 9.17) is 0 Å². The van der Waals surface area contributed by atoms with Crippen LogP contribution < -0.4 is 5.11 Å². The Morgan fingerprint density at radius 2 is 1.95 bits per heavy atom. The van der Waals surface area contributed by atoms with Gasteiger partial charge in [0.2, 0.25) is 11.3 Å². The summed E-state index contributed by atoms with van der Waals surface area (Å²) < 4.78 is 6.41. The van der Waals surface area contributed by atoms with Crippen molar-refractivity contribution in [2.75, 3.05) is 0 Å². The van der Waals surface area contributed by atoms with Crippen LogP contribution in [0.4, 0.5) is 0 Å². The Morgan fingerprint density at radius 3 is 2.76 bits per heavy atom. The van der Waals surface area contributed by atoms with Gasteiger partial charge in [-0.3, -0.25) is 0 Å². The first-order valence-electron chi connectivity index (χ1n) is 6.31. The molecule has 3 aromatic heterocycles. The van der Waals surface area contributed by atoms with Crippen LogP contribution in [0.15, 0.2) is 28.9 Å². The average molecular weight is 282 g/mol. The van der Waals surface area contributed by atoms with Gasteiger partial charge in [-0.05, 0) is 16.4 Å². The third-order valence-electron chi connectivity index (χ3n) is 3.34. The smallest absolute Gasteiger partial charge is 0.245 e. The molecule has 0 atom stereocenters. The number of benzene rings is 1. The Balaban J connectivity index is 2.08. The van der Waals surface area contributed by atoms with E-state index in [1.807, 2.05) is 24.3 Å². The Bertz CT molecular complexity index is 987. The normalized spacial score (nSPS) is 11.6. The number of nitrogens with zero attached hydrogens (tertiary/aromatic N) is 5. The predicted molar refractivity (Wildman–Crippen MR) is 70.0 cm³/mol. The summed E-state index contributed by atoms with van der Waals surface area (Å²) in [6.45, 7) is 0.248. The molecule has 0 spiro atoms. The van der Waals surface area contributed by atoms with Gasteiger partial charge in [0.25, 0.3) is 0 Å². The number of carbonyl (C=O) groups is 1. The van der Waals surface area contributed by atoms with Gasteiger partial charge in [-0.25, -0.2) is 14.6 Å². The molecule has 0 unspecified atom stereocenters. The first kappa shape index (κ1) is 11.8. The van der Waals surface area contributed by atoms with Gasteiger partial charge in [-0.2, -0.15) is 0 Å². The molecule has 0 aliphatic carbocycles. The van der Waals surface area contributed by atoms with Crippen LogP contribution >= 0.6 is 0 Å². The maximum atomic E-state index is 10.7. The molecule has 3 heterocycles. The zero-order valence-corrected chi connectivity index (χ0v) is 10.7. The zero-order valence-electron chi connectivity index (χ0n) is 10.7. The summed E-state index contributed by atoms with van der Waals surface area (Å²) >= 11 is 0. The second-order valence-electron chi connectivity index (χ2n) is 4.60. The Kier molecular flexibility index (Phi) is 2.37. The lowest BCUT2D eigenvalue weighted by atomic mass is 10.2. The topological polar surface area (TPSA) is 110 Å². The lowest BCUT2D eigenvalue weighted by molar-refractivity contribution is -0.305. The molecule has 1 aromatic carbocycles. The number of para-hydroxylation sites is 1. The zero-order chi connectivity index (χ0) is 14.4. The predicted octanol–water partition coefficient (Wildman–Crippen LogP) is 0.261. The van der Waals surface area contributed by atoms with Crippen LogP contribution in [0, 0.1) is 0 Å². The molecular formula is C13H8N5O3-. The van der Waals surface area contributed by atoms with Crippen molar-refractivity contribution in [2.24, 2.45) is 0 Å². The monoisotopic (exact) mass is 282 g/mol. The van der Waals surface area contributed by atoms with Crippen molar-refractivity contribution < 1.29 is 14.5 Å². The van der Waals surface area contributed by atoms with Gasteiger partial charge in [-0.1, -0.05) is 18.2 Å². The van der Waals surface area contributed by atoms with E-state index in [1.165, 1.54) is 0 Å². The van der Waals surface area contributed by atoms with Crippen molar-refractivity contribution >= 4 is 39.3 Å². The Hall–Kier alpha value is -3.03. The highest BCUT2D eigenvalue weighted by molar-refractivity contribution is 6.05. The molecule has 0 N–H and O–H groups in total. The molecule has 4 aromatic rings. The highest BCUT2D eigenvalue weighted by atomic mass is 16.6. The molecule has 0 fully saturated rings. The number of hydrogen-bond acceptors (Lipinski definition) is 7. The molecule has 0 amide bonds. The fraction of sp³-hybridized carbons (Fsp3) is 0.154. The molecule has 0 bridgehead atoms. The number of carboxylic acids is 1. The maximum absolute atomic E-state index is 10.7. The van der Waals surface area contributed by atoms with Gasteiger partial charge in [0, 0.05) is 24.3 Å². The SMILES string of the molecule is O=C([O-])CCn1c2ccccc2c2nc3nonc3nc21. The summed E-state index contributed by atoms with van der Waals surface area (Å²) in [5.74, 6) is -1.11. The molecule has 21 heavy (non-hydrogen) atoms. The summed E-state index contributed by atoms with van der Waals surface area (Å²) in [6.07, 6.45) is -0.107. The molecule has 0 aliphatic rings. The fourth-order valence-corrected chi connectivity index (χ4v) is 2.45. The van der Waals surface area contributed by atoms with E-state index in [2.05, 4.69) is 24.9 Å². The van der Waals surface area contributed by atoms with E-state index in [9.17, 15) is 9.90 Å². The molecule has 0 aliphatic heterocycles. The summed E-state index contributed by atoms with van der Waals surface area (Å²) in [6, 6.07) is 7.56. The van der Waals surface area contributed by atoms with Crippen LogP contribution in [0.1, 0.15) is 6.42 Å². The Labute approximate surface area is 117 Å². The number of hydrogen-bond donors (Lipinski definition) is 0. The quantitative estimate of drug-likeness (QED) is 0.530. The van der Waals surface area contributed by atoms with Crippen molar-refractivity contribution in [3.05, 3.63) is 24.3 Å². The first-order valence-corrected chi connectivity index (χ1v) is 6.31. The van der Waals surface area contributed by atoms with Gasteiger partial charge in [0.15, 0.2) is 5.65 Å². The first-order chi connectivity index (χ1) is 10.2. The number of rotatable bonds is 3. The molecule has 4 rings (SSSR count). The second kappa shape index (κ2) is 4.23. The van der Waals surface area contributed by atoms with Crippen molar-refractivity contribution in [3.63, 3.8) is 0 Å². The van der Waals surface area contributed by atoms with Gasteiger partial charge < -0.3 is 14.5 Å². The van der Waals surface area contributed by atoms with E-state index in [-0.39, 0.29) is 13.0 Å². The Morgan fingerprint density at radius 1 is 1.19 bits per heavy atom. The van der Waals surface area contributed by atoms with E-state index in [1.54, 1.807) is 4.57 Å². The van der Waals surface area contributed by atoms with Crippen molar-refractivity contribution in [2.45, 2.75) is 13.0 Å². The number of fused-ring (bicyclic) bond motifs is 4. The van der Waals surface area contributed by atoms with Crippen LogP contribution in [-0.2, 0) is 11.3 Å². The molecule has 8 nitrogen and oxygen atoms in total. The number of carbonyl (C=O) groups excluding carboxylic acids is 1. The number of carboxylic acid groups (broad SMARTS) is 1.